The van der Waals surface area contributed by atoms with Crippen molar-refractivity contribution in [2.45, 2.75) is 111 Å². The van der Waals surface area contributed by atoms with E-state index in [1.54, 1.807) is 5.57 Å². The van der Waals surface area contributed by atoms with Crippen LogP contribution in [-0.4, -0.2) is 6.10 Å². The molecule has 0 bridgehead atoms. The Labute approximate surface area is 174 Å². The molecule has 4 aliphatic carbocycles. The molecule has 28 heavy (non-hydrogen) atoms. The lowest BCUT2D eigenvalue weighted by Gasteiger charge is -2.58. The van der Waals surface area contributed by atoms with Gasteiger partial charge in [0.2, 0.25) is 0 Å². The van der Waals surface area contributed by atoms with Gasteiger partial charge in [0.05, 0.1) is 6.10 Å². The van der Waals surface area contributed by atoms with Crippen molar-refractivity contribution in [3.05, 3.63) is 11.6 Å². The normalized spacial score (nSPS) is 46.5. The Kier molecular flexibility index (Phi) is 5.80. The number of hydrogen-bond acceptors (Lipinski definition) is 0. The van der Waals surface area contributed by atoms with E-state index in [0.29, 0.717) is 10.8 Å². The molecule has 0 aromatic heterocycles. The van der Waals surface area contributed by atoms with Gasteiger partial charge in [0, 0.05) is 0 Å². The first kappa shape index (κ1) is 21.0. The maximum atomic E-state index is 12.1. The third-order valence-corrected chi connectivity index (χ3v) is 10.3. The van der Waals surface area contributed by atoms with Crippen molar-refractivity contribution in [2.24, 2.45) is 46.3 Å². The molecule has 1 heteroatoms. The van der Waals surface area contributed by atoms with Gasteiger partial charge in [-0.1, -0.05) is 65.5 Å². The monoisotopic (exact) mass is 385 g/mol. The Morgan fingerprint density at radius 3 is 2.54 bits per heavy atom. The minimum Gasteiger partial charge on any atom is -0.233 e. The molecular weight excluding hydrogens is 340 g/mol. The molecule has 3 saturated carbocycles. The van der Waals surface area contributed by atoms with Crippen LogP contribution in [0.5, 0.6) is 0 Å². The molecule has 0 saturated heterocycles. The van der Waals surface area contributed by atoms with Crippen molar-refractivity contribution in [3.63, 3.8) is 0 Å². The maximum absolute atomic E-state index is 12.1. The smallest absolute Gasteiger partial charge is 0.0967 e. The van der Waals surface area contributed by atoms with Crippen LogP contribution in [0.2, 0.25) is 0 Å². The van der Waals surface area contributed by atoms with Gasteiger partial charge in [-0.2, -0.15) is 0 Å². The summed E-state index contributed by atoms with van der Waals surface area (Å²) in [6.45, 7) is 12.5. The van der Waals surface area contributed by atoms with E-state index in [1.165, 1.54) is 51.4 Å². The van der Waals surface area contributed by atoms with Gasteiger partial charge in [0.1, 0.15) is 0 Å². The minimum absolute atomic E-state index is 0.327. The lowest BCUT2D eigenvalue weighted by molar-refractivity contribution is -0.0623. The van der Waals surface area contributed by atoms with Gasteiger partial charge in [-0.05, 0) is 97.7 Å². The lowest BCUT2D eigenvalue weighted by atomic mass is 9.47. The molecule has 0 N–H and O–H groups in total. The molecule has 8 atom stereocenters. The molecule has 4 rings (SSSR count). The Balaban J connectivity index is 1.49. The van der Waals surface area contributed by atoms with Crippen LogP contribution in [0.25, 0.3) is 0 Å². The molecule has 1 unspecified atom stereocenters. The molecule has 3 fully saturated rings. The second-order valence-electron chi connectivity index (χ2n) is 12.2. The first-order valence-electron chi connectivity index (χ1n) is 12.6. The number of rotatable bonds is 5. The van der Waals surface area contributed by atoms with E-state index in [4.69, 9.17) is 0 Å². The predicted molar refractivity (Wildman–Crippen MR) is 118 cm³/mol. The van der Waals surface area contributed by atoms with Gasteiger partial charge in [-0.3, -0.25) is 0 Å². The van der Waals surface area contributed by atoms with E-state index < -0.39 is 0 Å². The van der Waals surface area contributed by atoms with Crippen LogP contribution in [0.15, 0.2) is 11.6 Å². The number of hydrogen-bond donors (Lipinski definition) is 0. The molecule has 1 nitrogen and oxygen atoms in total. The lowest BCUT2D eigenvalue weighted by Crippen LogP contribution is -2.50. The quantitative estimate of drug-likeness (QED) is 0.430. The fourth-order valence-electron chi connectivity index (χ4n) is 8.65. The maximum Gasteiger partial charge on any atom is 0.0967 e. The first-order chi connectivity index (χ1) is 13.3. The van der Waals surface area contributed by atoms with E-state index in [1.807, 2.05) is 0 Å². The molecule has 4 aliphatic rings. The zero-order valence-electron chi connectivity index (χ0n) is 19.3. The van der Waals surface area contributed by atoms with Crippen molar-refractivity contribution in [1.29, 1.82) is 0 Å². The van der Waals surface area contributed by atoms with Crippen LogP contribution >= 0.6 is 0 Å². The third-order valence-electron chi connectivity index (χ3n) is 10.3. The average molecular weight is 386 g/mol. The molecule has 0 amide bonds. The van der Waals surface area contributed by atoms with Crippen LogP contribution in [0.1, 0.15) is 105 Å². The SMILES string of the molecule is CC(C)CCC[C@@H](C)[C@H]1CC[C@H]2[C@@H]3CC=C4CC([O])CC[C@]4(C)[C@H]3CC[C@]12C. The Morgan fingerprint density at radius 1 is 1.00 bits per heavy atom. The largest absolute Gasteiger partial charge is 0.233 e. The Morgan fingerprint density at radius 2 is 1.79 bits per heavy atom. The molecular formula is C27H45O. The van der Waals surface area contributed by atoms with Gasteiger partial charge in [0.15, 0.2) is 0 Å². The van der Waals surface area contributed by atoms with Crippen LogP contribution in [0, 0.1) is 46.3 Å². The number of fused-ring (bicyclic) bond motifs is 5. The summed E-state index contributed by atoms with van der Waals surface area (Å²) in [6.07, 6.45) is 16.5. The van der Waals surface area contributed by atoms with Crippen molar-refractivity contribution in [1.82, 2.24) is 0 Å². The Bertz CT molecular complexity index is 591. The predicted octanol–water partition coefficient (Wildman–Crippen LogP) is 7.83. The van der Waals surface area contributed by atoms with Crippen molar-refractivity contribution < 1.29 is 5.11 Å². The van der Waals surface area contributed by atoms with Gasteiger partial charge < -0.3 is 0 Å². The second-order valence-corrected chi connectivity index (χ2v) is 12.2. The summed E-state index contributed by atoms with van der Waals surface area (Å²) in [7, 11) is 0. The molecule has 0 heterocycles. The second kappa shape index (κ2) is 7.75. The van der Waals surface area contributed by atoms with Crippen molar-refractivity contribution >= 4 is 0 Å². The molecule has 0 aliphatic heterocycles. The zero-order valence-corrected chi connectivity index (χ0v) is 19.3. The van der Waals surface area contributed by atoms with Crippen molar-refractivity contribution in [2.75, 3.05) is 0 Å². The average Bonchev–Trinajstić information content (AvgIpc) is 2.99. The highest BCUT2D eigenvalue weighted by Crippen LogP contribution is 2.67. The summed E-state index contributed by atoms with van der Waals surface area (Å²) < 4.78 is 0. The van der Waals surface area contributed by atoms with Crippen LogP contribution in [-0.2, 0) is 5.11 Å². The highest BCUT2D eigenvalue weighted by atomic mass is 16.3. The van der Waals surface area contributed by atoms with Crippen LogP contribution in [0.4, 0.5) is 0 Å². The van der Waals surface area contributed by atoms with E-state index in [-0.39, 0.29) is 6.10 Å². The fraction of sp³-hybridized carbons (Fsp3) is 0.926. The highest BCUT2D eigenvalue weighted by molar-refractivity contribution is 5.25. The van der Waals surface area contributed by atoms with Gasteiger partial charge in [-0.15, -0.1) is 0 Å². The summed E-state index contributed by atoms with van der Waals surface area (Å²) in [4.78, 5) is 0. The van der Waals surface area contributed by atoms with Crippen molar-refractivity contribution in [3.8, 4) is 0 Å². The summed E-state index contributed by atoms with van der Waals surface area (Å²) in [5, 5.41) is 12.1. The summed E-state index contributed by atoms with van der Waals surface area (Å²) >= 11 is 0. The molecule has 0 aromatic carbocycles. The summed E-state index contributed by atoms with van der Waals surface area (Å²) in [5.41, 5.74) is 2.49. The van der Waals surface area contributed by atoms with Gasteiger partial charge in [-0.25, -0.2) is 5.11 Å². The fourth-order valence-corrected chi connectivity index (χ4v) is 8.65. The third kappa shape index (κ3) is 3.42. The molecule has 0 aromatic rings. The molecule has 0 spiro atoms. The van der Waals surface area contributed by atoms with E-state index in [9.17, 15) is 5.11 Å². The molecule has 1 radical (unpaired) electrons. The van der Waals surface area contributed by atoms with E-state index in [2.05, 4.69) is 40.7 Å². The number of allylic oxidation sites excluding steroid dienone is 1. The van der Waals surface area contributed by atoms with E-state index in [0.717, 1.165) is 54.8 Å². The van der Waals surface area contributed by atoms with Crippen LogP contribution in [0.3, 0.4) is 0 Å². The summed E-state index contributed by atoms with van der Waals surface area (Å²) in [5.74, 6) is 5.37. The topological polar surface area (TPSA) is 19.9 Å². The summed E-state index contributed by atoms with van der Waals surface area (Å²) in [6, 6.07) is 0. The first-order valence-corrected chi connectivity index (χ1v) is 12.6. The minimum atomic E-state index is -0.327. The van der Waals surface area contributed by atoms with E-state index >= 15 is 0 Å². The van der Waals surface area contributed by atoms with Gasteiger partial charge >= 0.3 is 0 Å². The Hall–Kier alpha value is -0.300. The van der Waals surface area contributed by atoms with Crippen LogP contribution < -0.4 is 0 Å². The molecule has 159 valence electrons. The zero-order chi connectivity index (χ0) is 20.1. The standard InChI is InChI=1S/C27H45O/c1-18(2)7-6-8-19(3)23-11-12-24-22-10-9-20-17-21(28)13-15-26(20,4)25(22)14-16-27(23,24)5/h9,18-19,21-25H,6-8,10-17H2,1-5H3/t19-,21?,22+,23-,24+,25+,26+,27-/m1/s1. The highest BCUT2D eigenvalue weighted by Gasteiger charge is 2.59. The van der Waals surface area contributed by atoms with Gasteiger partial charge in [0.25, 0.3) is 0 Å².